The molecule has 0 aliphatic heterocycles. The summed E-state index contributed by atoms with van der Waals surface area (Å²) in [6.07, 6.45) is 2.39. The quantitative estimate of drug-likeness (QED) is 0.877. The van der Waals surface area contributed by atoms with Gasteiger partial charge in [-0.05, 0) is 42.5 Å². The number of amides is 1. The number of hydrogen-bond acceptors (Lipinski definition) is 3. The summed E-state index contributed by atoms with van der Waals surface area (Å²) < 4.78 is 28.6. The van der Waals surface area contributed by atoms with Crippen LogP contribution in [0.25, 0.3) is 0 Å². The maximum Gasteiger partial charge on any atom is 0.387 e. The van der Waals surface area contributed by atoms with Crippen LogP contribution >= 0.6 is 0 Å². The van der Waals surface area contributed by atoms with E-state index in [9.17, 15) is 13.6 Å². The van der Waals surface area contributed by atoms with Gasteiger partial charge in [-0.1, -0.05) is 6.07 Å². The van der Waals surface area contributed by atoms with Crippen LogP contribution in [0.4, 0.5) is 8.78 Å². The van der Waals surface area contributed by atoms with Gasteiger partial charge in [-0.2, -0.15) is 8.78 Å². The summed E-state index contributed by atoms with van der Waals surface area (Å²) in [4.78, 5) is 11.2. The first kappa shape index (κ1) is 13.7. The molecule has 0 aromatic heterocycles. The highest BCUT2D eigenvalue weighted by atomic mass is 19.3. The predicted molar refractivity (Wildman–Crippen MR) is 64.0 cm³/mol. The lowest BCUT2D eigenvalue weighted by Crippen LogP contribution is -2.32. The van der Waals surface area contributed by atoms with E-state index >= 15 is 0 Å². The molecule has 4 nitrogen and oxygen atoms in total. The van der Waals surface area contributed by atoms with Crippen molar-refractivity contribution in [3.05, 3.63) is 29.3 Å². The van der Waals surface area contributed by atoms with E-state index in [4.69, 9.17) is 5.11 Å². The van der Waals surface area contributed by atoms with Crippen molar-refractivity contribution < 1.29 is 23.4 Å². The van der Waals surface area contributed by atoms with E-state index < -0.39 is 19.1 Å². The van der Waals surface area contributed by atoms with Crippen LogP contribution in [0.5, 0.6) is 5.75 Å². The Labute approximate surface area is 109 Å². The average Bonchev–Trinajstić information content (AvgIpc) is 2.38. The van der Waals surface area contributed by atoms with Crippen molar-refractivity contribution in [2.45, 2.75) is 31.9 Å². The fourth-order valence-corrected chi connectivity index (χ4v) is 2.36. The summed E-state index contributed by atoms with van der Waals surface area (Å²) in [6, 6.07) is 4.56. The number of carbonyl (C=O) groups excluding carboxylic acids is 1. The van der Waals surface area contributed by atoms with Gasteiger partial charge in [0.05, 0.1) is 6.04 Å². The first-order valence-electron chi connectivity index (χ1n) is 6.08. The van der Waals surface area contributed by atoms with Crippen LogP contribution in [0.15, 0.2) is 18.2 Å². The van der Waals surface area contributed by atoms with E-state index in [2.05, 4.69) is 10.1 Å². The second-order valence-corrected chi connectivity index (χ2v) is 4.41. The highest BCUT2D eigenvalue weighted by Gasteiger charge is 2.22. The molecule has 2 rings (SSSR count). The Hall–Kier alpha value is -1.69. The maximum absolute atomic E-state index is 12.1. The summed E-state index contributed by atoms with van der Waals surface area (Å²) >= 11 is 0. The zero-order chi connectivity index (χ0) is 13.8. The van der Waals surface area contributed by atoms with Crippen LogP contribution in [-0.4, -0.2) is 24.2 Å². The number of halogens is 2. The predicted octanol–water partition coefficient (Wildman–Crippen LogP) is 1.77. The Bertz CT molecular complexity index is 465. The fraction of sp³-hybridized carbons (Fsp3) is 0.462. The van der Waals surface area contributed by atoms with Crippen molar-refractivity contribution in [3.63, 3.8) is 0 Å². The lowest BCUT2D eigenvalue weighted by molar-refractivity contribution is -0.124. The summed E-state index contributed by atoms with van der Waals surface area (Å²) in [7, 11) is 0. The van der Waals surface area contributed by atoms with Crippen LogP contribution in [-0.2, 0) is 11.2 Å². The lowest BCUT2D eigenvalue weighted by Gasteiger charge is -2.26. The number of benzene rings is 1. The van der Waals surface area contributed by atoms with E-state index in [0.29, 0.717) is 0 Å². The van der Waals surface area contributed by atoms with Crippen molar-refractivity contribution in [1.29, 1.82) is 0 Å². The van der Waals surface area contributed by atoms with Gasteiger partial charge in [0.2, 0.25) is 5.91 Å². The lowest BCUT2D eigenvalue weighted by atomic mass is 9.87. The molecule has 0 saturated carbocycles. The van der Waals surface area contributed by atoms with Gasteiger partial charge >= 0.3 is 6.61 Å². The molecule has 19 heavy (non-hydrogen) atoms. The fourth-order valence-electron chi connectivity index (χ4n) is 2.36. The molecule has 1 aliphatic carbocycles. The Morgan fingerprint density at radius 3 is 3.00 bits per heavy atom. The third-order valence-electron chi connectivity index (χ3n) is 3.13. The molecule has 0 fully saturated rings. The van der Waals surface area contributed by atoms with Crippen LogP contribution < -0.4 is 10.1 Å². The van der Waals surface area contributed by atoms with Gasteiger partial charge in [-0.25, -0.2) is 0 Å². The van der Waals surface area contributed by atoms with Crippen molar-refractivity contribution >= 4 is 5.91 Å². The number of aliphatic hydroxyl groups excluding tert-OH is 1. The van der Waals surface area contributed by atoms with Gasteiger partial charge in [0.25, 0.3) is 0 Å². The number of nitrogens with one attached hydrogen (secondary N) is 1. The third-order valence-corrected chi connectivity index (χ3v) is 3.13. The van der Waals surface area contributed by atoms with Crippen molar-refractivity contribution in [2.75, 3.05) is 6.61 Å². The third kappa shape index (κ3) is 3.41. The molecule has 104 valence electrons. The standard InChI is InChI=1S/C13H15F2NO3/c14-13(15)19-9-4-5-10-8(6-9)2-1-3-11(10)16-12(18)7-17/h4-6,11,13,17H,1-3,7H2,(H,16,18). The second-order valence-electron chi connectivity index (χ2n) is 4.41. The molecule has 0 saturated heterocycles. The molecule has 0 radical (unpaired) electrons. The number of carbonyl (C=O) groups is 1. The highest BCUT2D eigenvalue weighted by molar-refractivity contribution is 5.77. The van der Waals surface area contributed by atoms with Crippen molar-refractivity contribution in [1.82, 2.24) is 5.32 Å². The largest absolute Gasteiger partial charge is 0.435 e. The Morgan fingerprint density at radius 1 is 1.53 bits per heavy atom. The van der Waals surface area contributed by atoms with Gasteiger partial charge in [-0.15, -0.1) is 0 Å². The molecule has 0 heterocycles. The number of fused-ring (bicyclic) bond motifs is 1. The van der Waals surface area contributed by atoms with Crippen LogP contribution in [0, 0.1) is 0 Å². The van der Waals surface area contributed by atoms with Gasteiger partial charge in [0, 0.05) is 0 Å². The highest BCUT2D eigenvalue weighted by Crippen LogP contribution is 2.32. The van der Waals surface area contributed by atoms with Crippen LogP contribution in [0.3, 0.4) is 0 Å². The molecular formula is C13H15F2NO3. The van der Waals surface area contributed by atoms with Gasteiger partial charge in [0.15, 0.2) is 0 Å². The van der Waals surface area contributed by atoms with E-state index in [-0.39, 0.29) is 11.8 Å². The average molecular weight is 271 g/mol. The SMILES string of the molecule is O=C(CO)NC1CCCc2cc(OC(F)F)ccc21. The second kappa shape index (κ2) is 5.97. The minimum atomic E-state index is -2.84. The molecule has 1 atom stereocenters. The number of aliphatic hydroxyl groups is 1. The summed E-state index contributed by atoms with van der Waals surface area (Å²) in [5.41, 5.74) is 1.79. The van der Waals surface area contributed by atoms with Gasteiger partial charge in [0.1, 0.15) is 12.4 Å². The van der Waals surface area contributed by atoms with Gasteiger partial charge in [-0.3, -0.25) is 4.79 Å². The summed E-state index contributed by atoms with van der Waals surface area (Å²) in [5.74, 6) is -0.311. The van der Waals surface area contributed by atoms with Crippen molar-refractivity contribution in [3.8, 4) is 5.75 Å². The normalized spacial score (nSPS) is 18.0. The van der Waals surface area contributed by atoms with Crippen LogP contribution in [0.1, 0.15) is 30.0 Å². The van der Waals surface area contributed by atoms with E-state index in [1.54, 1.807) is 12.1 Å². The Balaban J connectivity index is 2.18. The monoisotopic (exact) mass is 271 g/mol. The number of rotatable bonds is 4. The first-order valence-corrected chi connectivity index (χ1v) is 6.08. The topological polar surface area (TPSA) is 58.6 Å². The van der Waals surface area contributed by atoms with Crippen LogP contribution in [0.2, 0.25) is 0 Å². The maximum atomic E-state index is 12.1. The van der Waals surface area contributed by atoms with Crippen molar-refractivity contribution in [2.24, 2.45) is 0 Å². The molecule has 2 N–H and O–H groups in total. The smallest absolute Gasteiger partial charge is 0.387 e. The van der Waals surface area contributed by atoms with E-state index in [1.807, 2.05) is 0 Å². The van der Waals surface area contributed by atoms with E-state index in [0.717, 1.165) is 30.4 Å². The Morgan fingerprint density at radius 2 is 2.32 bits per heavy atom. The van der Waals surface area contributed by atoms with E-state index in [1.165, 1.54) is 6.07 Å². The molecular weight excluding hydrogens is 256 g/mol. The van der Waals surface area contributed by atoms with Gasteiger partial charge < -0.3 is 15.2 Å². The molecule has 1 amide bonds. The Kier molecular flexibility index (Phi) is 4.31. The minimum Gasteiger partial charge on any atom is -0.435 e. The minimum absolute atomic E-state index is 0.128. The number of ether oxygens (including phenoxy) is 1. The molecule has 1 aromatic carbocycles. The summed E-state index contributed by atoms with van der Waals surface area (Å²) in [6.45, 7) is -3.40. The zero-order valence-corrected chi connectivity index (χ0v) is 10.2. The number of aryl methyl sites for hydroxylation is 1. The number of alkyl halides is 2. The zero-order valence-electron chi connectivity index (χ0n) is 10.2. The molecule has 1 aliphatic rings. The first-order chi connectivity index (χ1) is 9.10. The summed E-state index contributed by atoms with van der Waals surface area (Å²) in [5, 5.41) is 11.4. The molecule has 0 bridgehead atoms. The molecule has 1 aromatic rings. The molecule has 1 unspecified atom stereocenters. The molecule has 0 spiro atoms. The molecule has 6 heteroatoms. The number of hydrogen-bond donors (Lipinski definition) is 2.